The number of anilines is 1. The van der Waals surface area contributed by atoms with Crippen LogP contribution >= 0.6 is 11.3 Å². The molecule has 0 spiro atoms. The van der Waals surface area contributed by atoms with Gasteiger partial charge in [-0.1, -0.05) is 18.3 Å². The average Bonchev–Trinajstić information content (AvgIpc) is 2.99. The molecule has 2 heterocycles. The largest absolute Gasteiger partial charge is 0.374 e. The number of nitrogen functional groups attached to an aromatic ring is 1. The lowest BCUT2D eigenvalue weighted by Gasteiger charge is -2.25. The van der Waals surface area contributed by atoms with E-state index >= 15 is 0 Å². The van der Waals surface area contributed by atoms with Crippen LogP contribution in [0.1, 0.15) is 31.2 Å². The maximum absolute atomic E-state index is 12.1. The summed E-state index contributed by atoms with van der Waals surface area (Å²) in [4.78, 5) is 14.4. The molecule has 6 nitrogen and oxygen atoms in total. The van der Waals surface area contributed by atoms with Crippen molar-refractivity contribution in [2.24, 2.45) is 0 Å². The Bertz CT molecular complexity index is 402. The van der Waals surface area contributed by atoms with Gasteiger partial charge in [0.1, 0.15) is 5.01 Å². The van der Waals surface area contributed by atoms with Gasteiger partial charge in [0.05, 0.1) is 12.6 Å². The number of nitrogens with two attached hydrogens (primary N) is 1. The SMILES string of the molecule is CC[C@@H](C(=O)NCc1nnc(N)s1)N1CCCC1. The van der Waals surface area contributed by atoms with Crippen LogP contribution in [-0.4, -0.2) is 40.1 Å². The number of carbonyl (C=O) groups excluding carboxylic acids is 1. The fourth-order valence-electron chi connectivity index (χ4n) is 2.28. The van der Waals surface area contributed by atoms with Crippen molar-refractivity contribution in [1.82, 2.24) is 20.4 Å². The number of likely N-dealkylation sites (tertiary alicyclic amines) is 1. The van der Waals surface area contributed by atoms with E-state index in [9.17, 15) is 4.79 Å². The molecule has 0 unspecified atom stereocenters. The predicted octanol–water partition coefficient (Wildman–Crippen LogP) is 0.611. The highest BCUT2D eigenvalue weighted by Crippen LogP contribution is 2.15. The lowest BCUT2D eigenvalue weighted by Crippen LogP contribution is -2.45. The van der Waals surface area contributed by atoms with Gasteiger partial charge in [0, 0.05) is 0 Å². The minimum Gasteiger partial charge on any atom is -0.374 e. The van der Waals surface area contributed by atoms with Crippen LogP contribution in [0, 0.1) is 0 Å². The number of carbonyl (C=O) groups is 1. The van der Waals surface area contributed by atoms with Gasteiger partial charge in [-0.2, -0.15) is 0 Å². The molecule has 1 atom stereocenters. The van der Waals surface area contributed by atoms with E-state index in [2.05, 4.69) is 20.4 Å². The summed E-state index contributed by atoms with van der Waals surface area (Å²) in [7, 11) is 0. The Morgan fingerprint density at radius 2 is 2.22 bits per heavy atom. The Kier molecular flexibility index (Phi) is 4.48. The highest BCUT2D eigenvalue weighted by atomic mass is 32.1. The summed E-state index contributed by atoms with van der Waals surface area (Å²) < 4.78 is 0. The fourth-order valence-corrected chi connectivity index (χ4v) is 2.83. The first-order valence-electron chi connectivity index (χ1n) is 6.30. The molecule has 1 aliphatic rings. The Morgan fingerprint density at radius 3 is 2.78 bits per heavy atom. The van der Waals surface area contributed by atoms with Crippen molar-refractivity contribution >= 4 is 22.4 Å². The van der Waals surface area contributed by atoms with Crippen LogP contribution in [0.25, 0.3) is 0 Å². The van der Waals surface area contributed by atoms with Crippen molar-refractivity contribution in [1.29, 1.82) is 0 Å². The zero-order chi connectivity index (χ0) is 13.0. The number of rotatable bonds is 5. The molecule has 100 valence electrons. The summed E-state index contributed by atoms with van der Waals surface area (Å²) in [6.45, 7) is 4.51. The number of hydrogen-bond donors (Lipinski definition) is 2. The van der Waals surface area contributed by atoms with Crippen LogP contribution in [0.5, 0.6) is 0 Å². The van der Waals surface area contributed by atoms with E-state index in [1.165, 1.54) is 24.2 Å². The molecular weight excluding hydrogens is 250 g/mol. The van der Waals surface area contributed by atoms with E-state index in [-0.39, 0.29) is 11.9 Å². The lowest BCUT2D eigenvalue weighted by molar-refractivity contribution is -0.126. The minimum absolute atomic E-state index is 0.0160. The highest BCUT2D eigenvalue weighted by Gasteiger charge is 2.26. The molecule has 0 aliphatic carbocycles. The molecule has 3 N–H and O–H groups in total. The number of amides is 1. The van der Waals surface area contributed by atoms with Gasteiger partial charge in [-0.25, -0.2) is 0 Å². The number of hydrogen-bond acceptors (Lipinski definition) is 6. The van der Waals surface area contributed by atoms with Crippen molar-refractivity contribution in [2.75, 3.05) is 18.8 Å². The second kappa shape index (κ2) is 6.10. The molecule has 0 radical (unpaired) electrons. The molecule has 1 aromatic heterocycles. The summed E-state index contributed by atoms with van der Waals surface area (Å²) >= 11 is 1.31. The third-order valence-corrected chi connectivity index (χ3v) is 3.92. The highest BCUT2D eigenvalue weighted by molar-refractivity contribution is 7.15. The number of aromatic nitrogens is 2. The van der Waals surface area contributed by atoms with Crippen LogP contribution in [0.3, 0.4) is 0 Å². The Balaban J connectivity index is 1.85. The van der Waals surface area contributed by atoms with E-state index in [1.807, 2.05) is 6.92 Å². The van der Waals surface area contributed by atoms with Crippen LogP contribution in [0.2, 0.25) is 0 Å². The van der Waals surface area contributed by atoms with Gasteiger partial charge in [0.15, 0.2) is 0 Å². The molecule has 0 bridgehead atoms. The van der Waals surface area contributed by atoms with Crippen LogP contribution in [0.4, 0.5) is 5.13 Å². The molecule has 0 saturated carbocycles. The average molecular weight is 269 g/mol. The standard InChI is InChI=1S/C11H19N5OS/c1-2-8(16-5-3-4-6-16)10(17)13-7-9-14-15-11(12)18-9/h8H,2-7H2,1H3,(H2,12,15)(H,13,17)/t8-/m0/s1. The van der Waals surface area contributed by atoms with Gasteiger partial charge in [0.25, 0.3) is 0 Å². The second-order valence-corrected chi connectivity index (χ2v) is 5.51. The zero-order valence-corrected chi connectivity index (χ0v) is 11.4. The van der Waals surface area contributed by atoms with E-state index in [0.29, 0.717) is 11.7 Å². The molecule has 2 rings (SSSR count). The first-order chi connectivity index (χ1) is 8.70. The molecule has 1 aliphatic heterocycles. The lowest BCUT2D eigenvalue weighted by atomic mass is 10.2. The number of nitrogens with one attached hydrogen (secondary N) is 1. The zero-order valence-electron chi connectivity index (χ0n) is 10.6. The van der Waals surface area contributed by atoms with E-state index < -0.39 is 0 Å². The van der Waals surface area contributed by atoms with Crippen molar-refractivity contribution in [3.05, 3.63) is 5.01 Å². The molecule has 0 aromatic carbocycles. The van der Waals surface area contributed by atoms with E-state index in [1.54, 1.807) is 0 Å². The van der Waals surface area contributed by atoms with Gasteiger partial charge in [-0.3, -0.25) is 9.69 Å². The summed E-state index contributed by atoms with van der Waals surface area (Å²) in [6, 6.07) is -0.0160. The Hall–Kier alpha value is -1.21. The fraction of sp³-hybridized carbons (Fsp3) is 0.727. The van der Waals surface area contributed by atoms with E-state index in [4.69, 9.17) is 5.73 Å². The van der Waals surface area contributed by atoms with Crippen molar-refractivity contribution in [2.45, 2.75) is 38.8 Å². The monoisotopic (exact) mass is 269 g/mol. The first kappa shape index (κ1) is 13.2. The summed E-state index contributed by atoms with van der Waals surface area (Å²) in [5.74, 6) is 0.0770. The second-order valence-electron chi connectivity index (χ2n) is 4.42. The normalized spacial score (nSPS) is 17.8. The van der Waals surface area contributed by atoms with E-state index in [0.717, 1.165) is 24.5 Å². The third-order valence-electron chi connectivity index (χ3n) is 3.17. The number of nitrogens with zero attached hydrogens (tertiary/aromatic N) is 3. The summed E-state index contributed by atoms with van der Waals surface area (Å²) in [5.41, 5.74) is 5.49. The molecule has 7 heteroatoms. The topological polar surface area (TPSA) is 84.1 Å². The summed E-state index contributed by atoms with van der Waals surface area (Å²) in [5, 5.41) is 11.7. The molecule has 1 fully saturated rings. The Morgan fingerprint density at radius 1 is 1.50 bits per heavy atom. The maximum Gasteiger partial charge on any atom is 0.237 e. The van der Waals surface area contributed by atoms with Crippen LogP contribution in [0.15, 0.2) is 0 Å². The smallest absolute Gasteiger partial charge is 0.237 e. The maximum atomic E-state index is 12.1. The molecule has 18 heavy (non-hydrogen) atoms. The summed E-state index contributed by atoms with van der Waals surface area (Å²) in [6.07, 6.45) is 3.22. The molecule has 1 saturated heterocycles. The quantitative estimate of drug-likeness (QED) is 0.818. The predicted molar refractivity (Wildman–Crippen MR) is 71.1 cm³/mol. The van der Waals surface area contributed by atoms with Gasteiger partial charge in [0.2, 0.25) is 11.0 Å². The molecule has 1 amide bonds. The third kappa shape index (κ3) is 3.17. The van der Waals surface area contributed by atoms with Crippen LogP contribution < -0.4 is 11.1 Å². The minimum atomic E-state index is -0.0160. The van der Waals surface area contributed by atoms with Gasteiger partial charge in [-0.15, -0.1) is 10.2 Å². The van der Waals surface area contributed by atoms with Crippen LogP contribution in [-0.2, 0) is 11.3 Å². The first-order valence-corrected chi connectivity index (χ1v) is 7.12. The van der Waals surface area contributed by atoms with Crippen molar-refractivity contribution < 1.29 is 4.79 Å². The van der Waals surface area contributed by atoms with Crippen molar-refractivity contribution in [3.63, 3.8) is 0 Å². The molecule has 1 aromatic rings. The van der Waals surface area contributed by atoms with Gasteiger partial charge in [-0.05, 0) is 32.4 Å². The van der Waals surface area contributed by atoms with Gasteiger partial charge < -0.3 is 11.1 Å². The van der Waals surface area contributed by atoms with Gasteiger partial charge >= 0.3 is 0 Å². The Labute approximate surface area is 111 Å². The van der Waals surface area contributed by atoms with Crippen molar-refractivity contribution in [3.8, 4) is 0 Å². The molecular formula is C11H19N5OS.